The number of hydrogen-bond acceptors (Lipinski definition) is 5. The van der Waals surface area contributed by atoms with E-state index in [1.165, 1.54) is 6.08 Å². The second kappa shape index (κ2) is 5.85. The molecule has 0 aromatic carbocycles. The molecule has 15 heavy (non-hydrogen) atoms. The molecule has 0 spiro atoms. The third kappa shape index (κ3) is 3.62. The molecule has 1 heterocycles. The molecular formula is C10H18N2O3. The van der Waals surface area contributed by atoms with E-state index < -0.39 is 5.97 Å². The van der Waals surface area contributed by atoms with Crippen molar-refractivity contribution in [3.8, 4) is 0 Å². The van der Waals surface area contributed by atoms with Crippen LogP contribution in [0.25, 0.3) is 0 Å². The van der Waals surface area contributed by atoms with Crippen molar-refractivity contribution in [1.82, 2.24) is 10.0 Å². The van der Waals surface area contributed by atoms with Gasteiger partial charge in [-0.05, 0) is 6.92 Å². The standard InChI is InChI=1S/C10H18N2O3/c1-4-10(13)15-9(2)11(3)12-5-7-14-8-6-12/h4,9H,1,5-8H2,2-3H3. The number of nitrogens with zero attached hydrogens (tertiary/aromatic N) is 2. The number of ether oxygens (including phenoxy) is 2. The lowest BCUT2D eigenvalue weighted by atomic mass is 10.5. The molecule has 0 amide bonds. The number of carbonyl (C=O) groups is 1. The third-order valence-electron chi connectivity index (χ3n) is 2.41. The highest BCUT2D eigenvalue weighted by atomic mass is 16.6. The van der Waals surface area contributed by atoms with E-state index in [4.69, 9.17) is 9.47 Å². The van der Waals surface area contributed by atoms with E-state index in [-0.39, 0.29) is 6.23 Å². The summed E-state index contributed by atoms with van der Waals surface area (Å²) >= 11 is 0. The Bertz CT molecular complexity index is 227. The van der Waals surface area contributed by atoms with Gasteiger partial charge in [-0.25, -0.2) is 14.8 Å². The van der Waals surface area contributed by atoms with Gasteiger partial charge < -0.3 is 9.47 Å². The van der Waals surface area contributed by atoms with Crippen LogP contribution in [0.1, 0.15) is 6.92 Å². The van der Waals surface area contributed by atoms with Crippen LogP contribution >= 0.6 is 0 Å². The number of hydrogen-bond donors (Lipinski definition) is 0. The summed E-state index contributed by atoms with van der Waals surface area (Å²) in [6.45, 7) is 8.27. The Labute approximate surface area is 90.2 Å². The fraction of sp³-hybridized carbons (Fsp3) is 0.700. The molecule has 5 heteroatoms. The third-order valence-corrected chi connectivity index (χ3v) is 2.41. The molecule has 0 aliphatic carbocycles. The fourth-order valence-electron chi connectivity index (χ4n) is 1.39. The molecule has 1 atom stereocenters. The van der Waals surface area contributed by atoms with Gasteiger partial charge in [0.25, 0.3) is 0 Å². The van der Waals surface area contributed by atoms with Gasteiger partial charge in [0.05, 0.1) is 13.2 Å². The average Bonchev–Trinajstić information content (AvgIpc) is 2.29. The minimum absolute atomic E-state index is 0.284. The van der Waals surface area contributed by atoms with Gasteiger partial charge in [-0.2, -0.15) is 0 Å². The van der Waals surface area contributed by atoms with Crippen LogP contribution in [0.2, 0.25) is 0 Å². The highest BCUT2D eigenvalue weighted by Gasteiger charge is 2.21. The van der Waals surface area contributed by atoms with Crippen LogP contribution in [0, 0.1) is 0 Å². The van der Waals surface area contributed by atoms with E-state index >= 15 is 0 Å². The molecule has 0 aromatic heterocycles. The zero-order valence-electron chi connectivity index (χ0n) is 9.31. The Morgan fingerprint density at radius 1 is 1.60 bits per heavy atom. The van der Waals surface area contributed by atoms with Crippen molar-refractivity contribution in [2.24, 2.45) is 0 Å². The number of hydrazine groups is 1. The van der Waals surface area contributed by atoms with E-state index in [1.807, 2.05) is 19.0 Å². The molecule has 0 bridgehead atoms. The molecule has 1 unspecified atom stereocenters. The van der Waals surface area contributed by atoms with Crippen molar-refractivity contribution >= 4 is 5.97 Å². The largest absolute Gasteiger partial charge is 0.442 e. The summed E-state index contributed by atoms with van der Waals surface area (Å²) < 4.78 is 10.3. The van der Waals surface area contributed by atoms with Gasteiger partial charge in [-0.15, -0.1) is 0 Å². The molecule has 1 rings (SSSR count). The zero-order chi connectivity index (χ0) is 11.3. The summed E-state index contributed by atoms with van der Waals surface area (Å²) in [4.78, 5) is 11.0. The van der Waals surface area contributed by atoms with Crippen molar-refractivity contribution in [3.05, 3.63) is 12.7 Å². The van der Waals surface area contributed by atoms with Crippen LogP contribution < -0.4 is 0 Å². The van der Waals surface area contributed by atoms with Crippen molar-refractivity contribution in [3.63, 3.8) is 0 Å². The first kappa shape index (κ1) is 12.2. The molecule has 1 saturated heterocycles. The smallest absolute Gasteiger partial charge is 0.331 e. The Morgan fingerprint density at radius 3 is 2.73 bits per heavy atom. The monoisotopic (exact) mass is 214 g/mol. The van der Waals surface area contributed by atoms with Crippen molar-refractivity contribution in [1.29, 1.82) is 0 Å². The van der Waals surface area contributed by atoms with Gasteiger partial charge in [0.1, 0.15) is 0 Å². The number of esters is 1. The Kier molecular flexibility index (Phi) is 4.74. The van der Waals surface area contributed by atoms with Crippen molar-refractivity contribution < 1.29 is 14.3 Å². The van der Waals surface area contributed by atoms with Crippen LogP contribution in [-0.4, -0.2) is 55.6 Å². The second-order valence-electron chi connectivity index (χ2n) is 3.38. The predicted octanol–water partition coefficient (Wildman–Crippen LogP) is 0.241. The fourth-order valence-corrected chi connectivity index (χ4v) is 1.39. The van der Waals surface area contributed by atoms with E-state index in [0.717, 1.165) is 13.1 Å². The molecule has 0 N–H and O–H groups in total. The van der Waals surface area contributed by atoms with Crippen LogP contribution in [0.4, 0.5) is 0 Å². The SMILES string of the molecule is C=CC(=O)OC(C)N(C)N1CCOCC1. The van der Waals surface area contributed by atoms with E-state index in [0.29, 0.717) is 13.2 Å². The maximum absolute atomic E-state index is 11.0. The highest BCUT2D eigenvalue weighted by Crippen LogP contribution is 2.06. The Morgan fingerprint density at radius 2 is 2.20 bits per heavy atom. The van der Waals surface area contributed by atoms with Crippen LogP contribution in [0.5, 0.6) is 0 Å². The zero-order valence-corrected chi connectivity index (χ0v) is 9.31. The van der Waals surface area contributed by atoms with E-state index in [1.54, 1.807) is 0 Å². The summed E-state index contributed by atoms with van der Waals surface area (Å²) in [6.07, 6.45) is 0.887. The van der Waals surface area contributed by atoms with Crippen molar-refractivity contribution in [2.75, 3.05) is 33.4 Å². The topological polar surface area (TPSA) is 42.0 Å². The summed E-state index contributed by atoms with van der Waals surface area (Å²) in [5, 5.41) is 4.01. The maximum Gasteiger partial charge on any atom is 0.331 e. The van der Waals surface area contributed by atoms with E-state index in [2.05, 4.69) is 11.6 Å². The van der Waals surface area contributed by atoms with Gasteiger partial charge in [-0.1, -0.05) is 6.58 Å². The number of rotatable bonds is 4. The summed E-state index contributed by atoms with van der Waals surface area (Å²) in [7, 11) is 1.90. The van der Waals surface area contributed by atoms with Gasteiger partial charge in [0.15, 0.2) is 6.23 Å². The first-order valence-electron chi connectivity index (χ1n) is 5.03. The normalized spacial score (nSPS) is 19.9. The lowest BCUT2D eigenvalue weighted by Crippen LogP contribution is -2.51. The molecule has 5 nitrogen and oxygen atoms in total. The summed E-state index contributed by atoms with van der Waals surface area (Å²) in [5.74, 6) is -0.400. The average molecular weight is 214 g/mol. The van der Waals surface area contributed by atoms with Gasteiger partial charge in [-0.3, -0.25) is 0 Å². The maximum atomic E-state index is 11.0. The molecule has 1 aliphatic rings. The molecule has 0 saturated carbocycles. The number of carbonyl (C=O) groups excluding carboxylic acids is 1. The molecule has 86 valence electrons. The summed E-state index contributed by atoms with van der Waals surface area (Å²) in [6, 6.07) is 0. The van der Waals surface area contributed by atoms with Crippen LogP contribution in [0.3, 0.4) is 0 Å². The molecule has 1 aliphatic heterocycles. The molecule has 0 aromatic rings. The lowest BCUT2D eigenvalue weighted by molar-refractivity contribution is -0.180. The van der Waals surface area contributed by atoms with Gasteiger partial charge in [0.2, 0.25) is 0 Å². The molecular weight excluding hydrogens is 196 g/mol. The minimum atomic E-state index is -0.400. The first-order valence-corrected chi connectivity index (χ1v) is 5.03. The molecule has 0 radical (unpaired) electrons. The van der Waals surface area contributed by atoms with E-state index in [9.17, 15) is 4.79 Å². The number of morpholine rings is 1. The molecule has 1 fully saturated rings. The minimum Gasteiger partial charge on any atom is -0.442 e. The summed E-state index contributed by atoms with van der Waals surface area (Å²) in [5.41, 5.74) is 0. The predicted molar refractivity (Wildman–Crippen MR) is 55.9 cm³/mol. The van der Waals surface area contributed by atoms with Crippen molar-refractivity contribution in [2.45, 2.75) is 13.2 Å². The van der Waals surface area contributed by atoms with Crippen LogP contribution in [0.15, 0.2) is 12.7 Å². The quantitative estimate of drug-likeness (QED) is 0.381. The van der Waals surface area contributed by atoms with Gasteiger partial charge >= 0.3 is 5.97 Å². The van der Waals surface area contributed by atoms with Crippen LogP contribution in [-0.2, 0) is 14.3 Å². The Balaban J connectivity index is 2.39. The highest BCUT2D eigenvalue weighted by molar-refractivity contribution is 5.81. The second-order valence-corrected chi connectivity index (χ2v) is 3.38. The first-order chi connectivity index (χ1) is 7.15. The van der Waals surface area contributed by atoms with Gasteiger partial charge in [0, 0.05) is 26.2 Å². The Hall–Kier alpha value is -0.910. The lowest BCUT2D eigenvalue weighted by Gasteiger charge is -2.37.